The maximum Gasteiger partial charge on any atom is 0.303 e. The predicted octanol–water partition coefficient (Wildman–Crippen LogP) is 6.51. The van der Waals surface area contributed by atoms with Gasteiger partial charge in [0.2, 0.25) is 5.91 Å². The van der Waals surface area contributed by atoms with Crippen molar-refractivity contribution in [2.75, 3.05) is 19.6 Å². The SMILES string of the molecule is O=C(O)CCC(=O)NCc1cccc(-c2ccc([C@H]3O[C@@H](CN4CCC(O)(c5ccc(Cl)cc5)CC4)C[C@@H](c4ccc(CO)cc4)O3)cc2)c1. The fourth-order valence-corrected chi connectivity index (χ4v) is 6.80. The van der Waals surface area contributed by atoms with Crippen LogP contribution in [0.2, 0.25) is 5.02 Å². The van der Waals surface area contributed by atoms with E-state index < -0.39 is 17.9 Å². The summed E-state index contributed by atoms with van der Waals surface area (Å²) in [6.07, 6.45) is 0.754. The Hall–Kier alpha value is -4.09. The van der Waals surface area contributed by atoms with Crippen molar-refractivity contribution in [1.29, 1.82) is 0 Å². The van der Waals surface area contributed by atoms with Crippen LogP contribution in [0.5, 0.6) is 0 Å². The zero-order chi connectivity index (χ0) is 35.1. The van der Waals surface area contributed by atoms with E-state index >= 15 is 0 Å². The van der Waals surface area contributed by atoms with Crippen LogP contribution in [-0.2, 0) is 37.8 Å². The van der Waals surface area contributed by atoms with Gasteiger partial charge in [-0.25, -0.2) is 0 Å². The number of hydrogen-bond acceptors (Lipinski definition) is 7. The van der Waals surface area contributed by atoms with Crippen molar-refractivity contribution in [3.63, 3.8) is 0 Å². The second-order valence-corrected chi connectivity index (χ2v) is 13.6. The Morgan fingerprint density at radius 2 is 1.54 bits per heavy atom. The first kappa shape index (κ1) is 35.7. The highest BCUT2D eigenvalue weighted by molar-refractivity contribution is 6.30. The molecule has 2 heterocycles. The molecule has 1 amide bonds. The van der Waals surface area contributed by atoms with Gasteiger partial charge in [-0.3, -0.25) is 9.59 Å². The molecule has 6 rings (SSSR count). The van der Waals surface area contributed by atoms with Crippen LogP contribution in [0.25, 0.3) is 11.1 Å². The van der Waals surface area contributed by atoms with Gasteiger partial charge in [0.05, 0.1) is 30.8 Å². The molecule has 3 atom stereocenters. The van der Waals surface area contributed by atoms with E-state index in [-0.39, 0.29) is 37.6 Å². The van der Waals surface area contributed by atoms with Gasteiger partial charge in [0.25, 0.3) is 0 Å². The number of carbonyl (C=O) groups excluding carboxylic acids is 1. The van der Waals surface area contributed by atoms with Crippen molar-refractivity contribution in [1.82, 2.24) is 10.2 Å². The van der Waals surface area contributed by atoms with Crippen molar-refractivity contribution in [2.45, 2.75) is 69.4 Å². The summed E-state index contributed by atoms with van der Waals surface area (Å²) in [5.74, 6) is -1.29. The van der Waals surface area contributed by atoms with E-state index in [1.807, 2.05) is 97.1 Å². The van der Waals surface area contributed by atoms with Crippen LogP contribution in [0.15, 0.2) is 97.1 Å². The average Bonchev–Trinajstić information content (AvgIpc) is 3.14. The molecule has 4 aromatic rings. The number of aliphatic carboxylic acids is 1. The number of carboxylic acids is 1. The number of ether oxygens (including phenoxy) is 2. The van der Waals surface area contributed by atoms with Crippen molar-refractivity contribution in [3.05, 3.63) is 130 Å². The third kappa shape index (κ3) is 9.17. The van der Waals surface area contributed by atoms with Gasteiger partial charge < -0.3 is 35.0 Å². The largest absolute Gasteiger partial charge is 0.481 e. The molecule has 0 aliphatic carbocycles. The van der Waals surface area contributed by atoms with Crippen molar-refractivity contribution >= 4 is 23.5 Å². The number of benzene rings is 4. The molecule has 0 bridgehead atoms. The highest BCUT2D eigenvalue weighted by atomic mass is 35.5. The van der Waals surface area contributed by atoms with Crippen molar-refractivity contribution < 1.29 is 34.4 Å². The van der Waals surface area contributed by atoms with E-state index in [1.165, 1.54) is 0 Å². The molecule has 2 saturated heterocycles. The predicted molar refractivity (Wildman–Crippen MR) is 190 cm³/mol. The van der Waals surface area contributed by atoms with Gasteiger partial charge >= 0.3 is 5.97 Å². The average molecular weight is 699 g/mol. The van der Waals surface area contributed by atoms with Crippen LogP contribution in [0.3, 0.4) is 0 Å². The minimum absolute atomic E-state index is 0.0197. The first-order valence-electron chi connectivity index (χ1n) is 17.1. The second-order valence-electron chi connectivity index (χ2n) is 13.2. The minimum atomic E-state index is -0.996. The standard InChI is InChI=1S/C40H43ClN2O7/c41-34-14-12-33(13-15-34)40(48)18-20-43(21-19-40)25-35-23-36(30-6-4-27(26-44)5-7-30)50-39(49-35)31-10-8-29(9-11-31)32-3-1-2-28(22-32)24-42-37(45)16-17-38(46)47/h1-15,22,35-36,39,44,48H,16-21,23-26H2,(H,42,45)(H,46,47)/t35-,36+,39+/m1/s1. The van der Waals surface area contributed by atoms with Crippen LogP contribution in [0.4, 0.5) is 0 Å². The summed E-state index contributed by atoms with van der Waals surface area (Å²) >= 11 is 6.08. The number of hydrogen-bond donors (Lipinski definition) is 4. The highest BCUT2D eigenvalue weighted by Gasteiger charge is 2.37. The molecular weight excluding hydrogens is 656 g/mol. The van der Waals surface area contributed by atoms with Crippen LogP contribution >= 0.6 is 11.6 Å². The fourth-order valence-electron chi connectivity index (χ4n) is 6.68. The third-order valence-corrected chi connectivity index (χ3v) is 9.89. The van der Waals surface area contributed by atoms with E-state index in [9.17, 15) is 19.8 Å². The number of aliphatic hydroxyl groups is 2. The van der Waals surface area contributed by atoms with Gasteiger partial charge in [-0.1, -0.05) is 90.5 Å². The van der Waals surface area contributed by atoms with E-state index in [0.29, 0.717) is 37.4 Å². The molecule has 4 N–H and O–H groups in total. The highest BCUT2D eigenvalue weighted by Crippen LogP contribution is 2.40. The van der Waals surface area contributed by atoms with Crippen LogP contribution in [0, 0.1) is 0 Å². The monoisotopic (exact) mass is 698 g/mol. The maximum atomic E-state index is 12.0. The molecular formula is C40H43ClN2O7. The summed E-state index contributed by atoms with van der Waals surface area (Å²) in [5, 5.41) is 33.2. The van der Waals surface area contributed by atoms with Gasteiger partial charge in [-0.15, -0.1) is 0 Å². The van der Waals surface area contributed by atoms with E-state index in [1.54, 1.807) is 0 Å². The summed E-state index contributed by atoms with van der Waals surface area (Å²) in [4.78, 5) is 25.1. The zero-order valence-electron chi connectivity index (χ0n) is 27.8. The number of amides is 1. The number of nitrogens with one attached hydrogen (secondary N) is 1. The Balaban J connectivity index is 1.13. The number of nitrogens with zero attached hydrogens (tertiary/aromatic N) is 1. The summed E-state index contributed by atoms with van der Waals surface area (Å²) in [5.41, 5.74) is 5.68. The Labute approximate surface area is 297 Å². The van der Waals surface area contributed by atoms with Gasteiger partial charge in [0, 0.05) is 49.6 Å². The topological polar surface area (TPSA) is 129 Å². The number of carboxylic acid groups (broad SMARTS) is 1. The normalized spacial score (nSPS) is 20.7. The number of rotatable bonds is 12. The van der Waals surface area contributed by atoms with Gasteiger partial charge in [-0.2, -0.15) is 0 Å². The smallest absolute Gasteiger partial charge is 0.303 e. The van der Waals surface area contributed by atoms with Crippen LogP contribution in [0.1, 0.15) is 72.3 Å². The minimum Gasteiger partial charge on any atom is -0.481 e. The molecule has 10 heteroatoms. The lowest BCUT2D eigenvalue weighted by atomic mass is 9.84. The molecule has 4 aromatic carbocycles. The molecule has 0 aromatic heterocycles. The molecule has 50 heavy (non-hydrogen) atoms. The van der Waals surface area contributed by atoms with Gasteiger partial charge in [0.15, 0.2) is 6.29 Å². The van der Waals surface area contributed by atoms with Gasteiger partial charge in [-0.05, 0) is 64.4 Å². The number of halogens is 1. The summed E-state index contributed by atoms with van der Waals surface area (Å²) in [6.45, 7) is 2.47. The molecule has 0 radical (unpaired) electrons. The molecule has 262 valence electrons. The molecule has 0 unspecified atom stereocenters. The number of aliphatic hydroxyl groups excluding tert-OH is 1. The lowest BCUT2D eigenvalue weighted by Crippen LogP contribution is -2.46. The molecule has 9 nitrogen and oxygen atoms in total. The number of likely N-dealkylation sites (tertiary alicyclic amines) is 1. The lowest BCUT2D eigenvalue weighted by Gasteiger charge is -2.42. The first-order valence-corrected chi connectivity index (χ1v) is 17.4. The van der Waals surface area contributed by atoms with Crippen molar-refractivity contribution in [2.24, 2.45) is 0 Å². The summed E-state index contributed by atoms with van der Waals surface area (Å²) in [7, 11) is 0. The molecule has 0 saturated carbocycles. The zero-order valence-corrected chi connectivity index (χ0v) is 28.6. The Bertz CT molecular complexity index is 1740. The summed E-state index contributed by atoms with van der Waals surface area (Å²) < 4.78 is 13.2. The third-order valence-electron chi connectivity index (χ3n) is 9.64. The Morgan fingerprint density at radius 1 is 0.840 bits per heavy atom. The first-order chi connectivity index (χ1) is 24.2. The fraction of sp³-hybridized carbons (Fsp3) is 0.350. The molecule has 2 fully saturated rings. The second kappa shape index (κ2) is 16.3. The lowest BCUT2D eigenvalue weighted by molar-refractivity contribution is -0.253. The quantitative estimate of drug-likeness (QED) is 0.132. The molecule has 0 spiro atoms. The molecule has 2 aliphatic heterocycles. The van der Waals surface area contributed by atoms with Crippen LogP contribution < -0.4 is 5.32 Å². The van der Waals surface area contributed by atoms with E-state index in [4.69, 9.17) is 26.2 Å². The molecule has 2 aliphatic rings. The van der Waals surface area contributed by atoms with E-state index in [0.717, 1.165) is 52.0 Å². The Morgan fingerprint density at radius 3 is 2.22 bits per heavy atom. The summed E-state index contributed by atoms with van der Waals surface area (Å²) in [6, 6.07) is 31.3. The van der Waals surface area contributed by atoms with Crippen LogP contribution in [-0.4, -0.2) is 57.8 Å². The van der Waals surface area contributed by atoms with Gasteiger partial charge in [0.1, 0.15) is 0 Å². The number of carbonyl (C=O) groups is 2. The van der Waals surface area contributed by atoms with E-state index in [2.05, 4.69) is 10.2 Å². The van der Waals surface area contributed by atoms with Crippen molar-refractivity contribution in [3.8, 4) is 11.1 Å². The Kier molecular flexibility index (Phi) is 11.6. The number of piperidine rings is 1. The maximum absolute atomic E-state index is 12.0.